The number of ether oxygens (including phenoxy) is 3. The molecule has 4 unspecified atom stereocenters. The van der Waals surface area contributed by atoms with Crippen molar-refractivity contribution in [3.05, 3.63) is 0 Å². The molecule has 0 aliphatic rings. The van der Waals surface area contributed by atoms with Gasteiger partial charge in [0, 0.05) is 39.6 Å². The molecule has 4 atom stereocenters. The summed E-state index contributed by atoms with van der Waals surface area (Å²) in [5.41, 5.74) is 0. The molecule has 3 heteroatoms. The van der Waals surface area contributed by atoms with Crippen LogP contribution in [0, 0.1) is 23.7 Å². The van der Waals surface area contributed by atoms with Gasteiger partial charge in [0.05, 0.1) is 0 Å². The molecule has 0 radical (unpaired) electrons. The van der Waals surface area contributed by atoms with E-state index in [1.807, 2.05) is 0 Å². The van der Waals surface area contributed by atoms with Gasteiger partial charge < -0.3 is 14.2 Å². The van der Waals surface area contributed by atoms with Crippen molar-refractivity contribution in [3.63, 3.8) is 0 Å². The Morgan fingerprint density at radius 3 is 0.721 bits per heavy atom. The fraction of sp³-hybridized carbons (Fsp3) is 1.00. The molecule has 3 nitrogen and oxygen atoms in total. The quantitative estimate of drug-likeness (QED) is 0.0570. The second-order valence-electron chi connectivity index (χ2n) is 20.6. The first-order valence-corrected chi connectivity index (χ1v) is 28.8. The van der Waals surface area contributed by atoms with E-state index < -0.39 is 0 Å². The van der Waals surface area contributed by atoms with Crippen LogP contribution in [0.25, 0.3) is 0 Å². The molecule has 0 aromatic carbocycles. The average molecular weight is 864 g/mol. The molecule has 0 heterocycles. The first-order valence-electron chi connectivity index (χ1n) is 28.8. The standard InChI is InChI=1S/C58H118O3/c1-7-11-13-15-17-19-21-27-33-39-45-57(53-60-51-55(5)9-3)47-41-35-29-23-25-31-37-43-49-59-50-44-38-32-26-24-30-36-42-48-58(54-61-52-56(6)10-4)46-40-34-28-22-20-18-16-14-12-8-2/h55-58H,7-54H2,1-6H3. The molecule has 0 aromatic heterocycles. The Balaban J connectivity index is 3.76. The Bertz CT molecular complexity index is 708. The number of hydrogen-bond acceptors (Lipinski definition) is 3. The van der Waals surface area contributed by atoms with Crippen LogP contribution in [0.5, 0.6) is 0 Å². The van der Waals surface area contributed by atoms with Gasteiger partial charge in [0.2, 0.25) is 0 Å². The van der Waals surface area contributed by atoms with Crippen molar-refractivity contribution >= 4 is 0 Å². The van der Waals surface area contributed by atoms with Gasteiger partial charge in [-0.3, -0.25) is 0 Å². The maximum atomic E-state index is 6.21. The Morgan fingerprint density at radius 1 is 0.246 bits per heavy atom. The topological polar surface area (TPSA) is 27.7 Å². The first-order chi connectivity index (χ1) is 30.1. The van der Waals surface area contributed by atoms with Crippen LogP contribution in [0.3, 0.4) is 0 Å². The van der Waals surface area contributed by atoms with Crippen molar-refractivity contribution in [2.75, 3.05) is 39.6 Å². The van der Waals surface area contributed by atoms with Gasteiger partial charge in [0.25, 0.3) is 0 Å². The summed E-state index contributed by atoms with van der Waals surface area (Å²) in [6.07, 6.45) is 58.7. The van der Waals surface area contributed by atoms with E-state index in [0.29, 0.717) is 11.8 Å². The Labute approximate surface area is 387 Å². The van der Waals surface area contributed by atoms with Crippen LogP contribution in [-0.4, -0.2) is 39.6 Å². The predicted octanol–water partition coefficient (Wildman–Crippen LogP) is 20.0. The Hall–Kier alpha value is -0.120. The summed E-state index contributed by atoms with van der Waals surface area (Å²) in [7, 11) is 0. The number of rotatable bonds is 54. The second kappa shape index (κ2) is 52.5. The average Bonchev–Trinajstić information content (AvgIpc) is 3.27. The molecule has 61 heavy (non-hydrogen) atoms. The van der Waals surface area contributed by atoms with Gasteiger partial charge in [-0.05, 0) is 62.2 Å². The van der Waals surface area contributed by atoms with Crippen molar-refractivity contribution in [3.8, 4) is 0 Å². The van der Waals surface area contributed by atoms with Gasteiger partial charge >= 0.3 is 0 Å². The molecule has 0 N–H and O–H groups in total. The zero-order valence-electron chi connectivity index (χ0n) is 43.5. The highest BCUT2D eigenvalue weighted by atomic mass is 16.5. The minimum Gasteiger partial charge on any atom is -0.381 e. The largest absolute Gasteiger partial charge is 0.381 e. The van der Waals surface area contributed by atoms with E-state index in [9.17, 15) is 0 Å². The molecular weight excluding hydrogens is 745 g/mol. The van der Waals surface area contributed by atoms with Crippen LogP contribution in [0.1, 0.15) is 311 Å². The van der Waals surface area contributed by atoms with Gasteiger partial charge in [-0.1, -0.05) is 273 Å². The van der Waals surface area contributed by atoms with E-state index in [4.69, 9.17) is 14.2 Å². The van der Waals surface area contributed by atoms with Gasteiger partial charge in [0.15, 0.2) is 0 Å². The normalized spacial score (nSPS) is 13.9. The van der Waals surface area contributed by atoms with E-state index in [1.54, 1.807) is 0 Å². The smallest absolute Gasteiger partial charge is 0.0494 e. The summed E-state index contributed by atoms with van der Waals surface area (Å²) in [6.45, 7) is 19.7. The molecule has 0 spiro atoms. The third kappa shape index (κ3) is 49.2. The number of hydrogen-bond donors (Lipinski definition) is 0. The lowest BCUT2D eigenvalue weighted by Crippen LogP contribution is -2.14. The Morgan fingerprint density at radius 2 is 0.475 bits per heavy atom. The summed E-state index contributed by atoms with van der Waals surface area (Å²) in [5, 5.41) is 0. The monoisotopic (exact) mass is 863 g/mol. The summed E-state index contributed by atoms with van der Waals surface area (Å²) >= 11 is 0. The number of unbranched alkanes of at least 4 members (excludes halogenated alkanes) is 32. The maximum Gasteiger partial charge on any atom is 0.0494 e. The molecular formula is C58H118O3. The van der Waals surface area contributed by atoms with Gasteiger partial charge in [-0.15, -0.1) is 0 Å². The molecule has 368 valence electrons. The van der Waals surface area contributed by atoms with E-state index in [1.165, 1.54) is 270 Å². The molecule has 0 aliphatic heterocycles. The van der Waals surface area contributed by atoms with Gasteiger partial charge in [-0.25, -0.2) is 0 Å². The van der Waals surface area contributed by atoms with Crippen LogP contribution < -0.4 is 0 Å². The molecule has 0 amide bonds. The Kier molecular flexibility index (Phi) is 52.4. The lowest BCUT2D eigenvalue weighted by molar-refractivity contribution is 0.0678. The first kappa shape index (κ1) is 60.9. The van der Waals surface area contributed by atoms with Crippen molar-refractivity contribution in [1.82, 2.24) is 0 Å². The zero-order chi connectivity index (χ0) is 44.4. The third-order valence-electron chi connectivity index (χ3n) is 14.1. The van der Waals surface area contributed by atoms with Crippen molar-refractivity contribution in [2.45, 2.75) is 311 Å². The molecule has 0 bridgehead atoms. The molecule has 0 aromatic rings. The highest BCUT2D eigenvalue weighted by molar-refractivity contribution is 4.63. The van der Waals surface area contributed by atoms with Crippen LogP contribution in [0.4, 0.5) is 0 Å². The summed E-state index contributed by atoms with van der Waals surface area (Å²) in [6, 6.07) is 0. The van der Waals surface area contributed by atoms with Gasteiger partial charge in [0.1, 0.15) is 0 Å². The lowest BCUT2D eigenvalue weighted by atomic mass is 9.94. The molecule has 0 fully saturated rings. The van der Waals surface area contributed by atoms with Crippen molar-refractivity contribution in [1.29, 1.82) is 0 Å². The minimum atomic E-state index is 0.697. The van der Waals surface area contributed by atoms with Crippen LogP contribution in [-0.2, 0) is 14.2 Å². The maximum absolute atomic E-state index is 6.21. The predicted molar refractivity (Wildman–Crippen MR) is 274 cm³/mol. The van der Waals surface area contributed by atoms with E-state index in [-0.39, 0.29) is 0 Å². The van der Waals surface area contributed by atoms with E-state index in [2.05, 4.69) is 41.5 Å². The minimum absolute atomic E-state index is 0.697. The summed E-state index contributed by atoms with van der Waals surface area (Å²) < 4.78 is 18.4. The van der Waals surface area contributed by atoms with Crippen molar-refractivity contribution in [2.24, 2.45) is 23.7 Å². The third-order valence-corrected chi connectivity index (χ3v) is 14.1. The van der Waals surface area contributed by atoms with E-state index in [0.717, 1.165) is 51.5 Å². The lowest BCUT2D eigenvalue weighted by Gasteiger charge is -2.18. The molecule has 0 aliphatic carbocycles. The fourth-order valence-corrected chi connectivity index (χ4v) is 9.07. The van der Waals surface area contributed by atoms with Crippen molar-refractivity contribution < 1.29 is 14.2 Å². The summed E-state index contributed by atoms with van der Waals surface area (Å²) in [4.78, 5) is 0. The zero-order valence-corrected chi connectivity index (χ0v) is 43.5. The van der Waals surface area contributed by atoms with Crippen LogP contribution in [0.15, 0.2) is 0 Å². The van der Waals surface area contributed by atoms with Gasteiger partial charge in [-0.2, -0.15) is 0 Å². The van der Waals surface area contributed by atoms with Crippen LogP contribution in [0.2, 0.25) is 0 Å². The highest BCUT2D eigenvalue weighted by Crippen LogP contribution is 2.23. The molecule has 0 rings (SSSR count). The van der Waals surface area contributed by atoms with E-state index >= 15 is 0 Å². The van der Waals surface area contributed by atoms with Crippen LogP contribution >= 0.6 is 0 Å². The fourth-order valence-electron chi connectivity index (χ4n) is 9.07. The second-order valence-corrected chi connectivity index (χ2v) is 20.6. The SMILES string of the molecule is CCCCCCCCCCCCC(CCCCCCCCCCOCCCCCCCCCCC(CCCCCCCCCCCC)COCC(C)CC)COCC(C)CC. The highest BCUT2D eigenvalue weighted by Gasteiger charge is 2.12. The summed E-state index contributed by atoms with van der Waals surface area (Å²) in [5.74, 6) is 2.96. The molecule has 0 saturated heterocycles. The molecule has 0 saturated carbocycles.